The Kier molecular flexibility index (Phi) is 5.53. The summed E-state index contributed by atoms with van der Waals surface area (Å²) < 4.78 is 0. The van der Waals surface area contributed by atoms with Crippen molar-refractivity contribution >= 4 is 34.7 Å². The quantitative estimate of drug-likeness (QED) is 0.546. The molecule has 0 spiro atoms. The number of amides is 3. The van der Waals surface area contributed by atoms with E-state index in [1.165, 1.54) is 49.9 Å². The molecule has 5 aliphatic rings. The fourth-order valence-corrected chi connectivity index (χ4v) is 7.80. The lowest BCUT2D eigenvalue weighted by molar-refractivity contribution is -0.134. The van der Waals surface area contributed by atoms with Gasteiger partial charge >= 0.3 is 0 Å². The van der Waals surface area contributed by atoms with Gasteiger partial charge in [0.2, 0.25) is 11.8 Å². The number of imide groups is 1. The highest BCUT2D eigenvalue weighted by molar-refractivity contribution is 7.11. The molecule has 1 aliphatic heterocycles. The molecule has 7 nitrogen and oxygen atoms in total. The highest BCUT2D eigenvalue weighted by Gasteiger charge is 2.50. The van der Waals surface area contributed by atoms with Crippen molar-refractivity contribution in [2.24, 2.45) is 17.8 Å². The number of nitrogens with one attached hydrogen (secondary N) is 3. The molecule has 2 heterocycles. The molecule has 5 fully saturated rings. The SMILES string of the molecule is O=C1CCC(c2ccc(NC(=O)c3nc(CNC45CC6CC(CC(C6)C4)C5)cs3)cc2)C(=O)N1. The standard InChI is InChI=1S/C26H30N4O3S/c31-22-6-5-21(23(32)30-22)18-1-3-19(4-2-18)28-24(33)25-29-20(14-34-25)13-27-26-10-15-7-16(11-26)9-17(8-15)12-26/h1-4,14-17,21,27H,5-13H2,(H,28,33)(H,30,31,32). The van der Waals surface area contributed by atoms with Gasteiger partial charge in [-0.05, 0) is 80.4 Å². The molecule has 178 valence electrons. The molecule has 2 aromatic rings. The maximum atomic E-state index is 12.7. The van der Waals surface area contributed by atoms with Gasteiger partial charge in [0.05, 0.1) is 11.6 Å². The predicted molar refractivity (Wildman–Crippen MR) is 129 cm³/mol. The first kappa shape index (κ1) is 21.9. The van der Waals surface area contributed by atoms with Gasteiger partial charge in [0, 0.05) is 29.6 Å². The molecule has 8 heteroatoms. The van der Waals surface area contributed by atoms with Crippen LogP contribution in [0.15, 0.2) is 29.6 Å². The maximum Gasteiger partial charge on any atom is 0.284 e. The van der Waals surface area contributed by atoms with E-state index in [0.29, 0.717) is 23.5 Å². The molecule has 4 saturated carbocycles. The number of anilines is 1. The highest BCUT2D eigenvalue weighted by atomic mass is 32.1. The number of rotatable bonds is 6. The normalized spacial score (nSPS) is 32.0. The van der Waals surface area contributed by atoms with Crippen LogP contribution < -0.4 is 16.0 Å². The van der Waals surface area contributed by atoms with Crippen molar-refractivity contribution in [1.82, 2.24) is 15.6 Å². The Morgan fingerprint density at radius 3 is 2.38 bits per heavy atom. The van der Waals surface area contributed by atoms with Crippen molar-refractivity contribution < 1.29 is 14.4 Å². The van der Waals surface area contributed by atoms with Crippen LogP contribution in [0.4, 0.5) is 5.69 Å². The molecular weight excluding hydrogens is 448 g/mol. The summed E-state index contributed by atoms with van der Waals surface area (Å²) in [6.07, 6.45) is 9.03. The first-order chi connectivity index (χ1) is 16.4. The Hall–Kier alpha value is -2.58. The van der Waals surface area contributed by atoms with Crippen LogP contribution in [0.3, 0.4) is 0 Å². The number of piperidine rings is 1. The van der Waals surface area contributed by atoms with E-state index in [4.69, 9.17) is 0 Å². The molecule has 4 bridgehead atoms. The first-order valence-corrected chi connectivity index (χ1v) is 13.3. The third kappa shape index (κ3) is 4.29. The average molecular weight is 479 g/mol. The van der Waals surface area contributed by atoms with E-state index >= 15 is 0 Å². The topological polar surface area (TPSA) is 100 Å². The van der Waals surface area contributed by atoms with Gasteiger partial charge in [0.1, 0.15) is 0 Å². The fourth-order valence-electron chi connectivity index (χ4n) is 7.09. The first-order valence-electron chi connectivity index (χ1n) is 12.4. The monoisotopic (exact) mass is 478 g/mol. The summed E-state index contributed by atoms with van der Waals surface area (Å²) in [5.74, 6) is 1.67. The molecule has 1 aromatic carbocycles. The van der Waals surface area contributed by atoms with Crippen molar-refractivity contribution in [3.63, 3.8) is 0 Å². The van der Waals surface area contributed by atoms with E-state index in [9.17, 15) is 14.4 Å². The van der Waals surface area contributed by atoms with Crippen LogP contribution in [-0.2, 0) is 16.1 Å². The summed E-state index contributed by atoms with van der Waals surface area (Å²) in [6.45, 7) is 0.719. The van der Waals surface area contributed by atoms with Gasteiger partial charge in [-0.15, -0.1) is 11.3 Å². The van der Waals surface area contributed by atoms with Gasteiger partial charge in [0.25, 0.3) is 5.91 Å². The molecule has 1 aromatic heterocycles. The number of carbonyl (C=O) groups excluding carboxylic acids is 3. The second kappa shape index (κ2) is 8.57. The van der Waals surface area contributed by atoms with E-state index in [-0.39, 0.29) is 29.2 Å². The predicted octanol–water partition coefficient (Wildman–Crippen LogP) is 3.97. The zero-order chi connectivity index (χ0) is 23.3. The van der Waals surface area contributed by atoms with Crippen LogP contribution in [-0.4, -0.2) is 28.2 Å². The Labute approximate surface area is 203 Å². The van der Waals surface area contributed by atoms with E-state index in [2.05, 4.69) is 20.9 Å². The molecule has 3 N–H and O–H groups in total. The molecule has 7 rings (SSSR count). The number of hydrogen-bond donors (Lipinski definition) is 3. The third-order valence-corrected chi connectivity index (χ3v) is 9.13. The summed E-state index contributed by atoms with van der Waals surface area (Å²) in [5, 5.41) is 11.6. The number of aromatic nitrogens is 1. The largest absolute Gasteiger partial charge is 0.320 e. The number of thiazole rings is 1. The molecule has 34 heavy (non-hydrogen) atoms. The molecule has 0 radical (unpaired) electrons. The van der Waals surface area contributed by atoms with Gasteiger partial charge in [0.15, 0.2) is 5.01 Å². The van der Waals surface area contributed by atoms with Crippen molar-refractivity contribution in [1.29, 1.82) is 0 Å². The fraction of sp³-hybridized carbons (Fsp3) is 0.538. The van der Waals surface area contributed by atoms with Crippen LogP contribution in [0.5, 0.6) is 0 Å². The van der Waals surface area contributed by atoms with Crippen LogP contribution in [0.2, 0.25) is 0 Å². The van der Waals surface area contributed by atoms with Crippen molar-refractivity contribution in [2.45, 2.75) is 69.4 Å². The van der Waals surface area contributed by atoms with Gasteiger partial charge < -0.3 is 10.6 Å². The van der Waals surface area contributed by atoms with Gasteiger partial charge in [-0.25, -0.2) is 4.98 Å². The average Bonchev–Trinajstić information content (AvgIpc) is 3.27. The molecule has 1 saturated heterocycles. The number of benzene rings is 1. The smallest absolute Gasteiger partial charge is 0.284 e. The highest BCUT2D eigenvalue weighted by Crippen LogP contribution is 2.55. The van der Waals surface area contributed by atoms with Crippen molar-refractivity contribution in [3.8, 4) is 0 Å². The minimum absolute atomic E-state index is 0.221. The Bertz CT molecular complexity index is 1090. The minimum atomic E-state index is -0.328. The summed E-state index contributed by atoms with van der Waals surface area (Å²) in [6, 6.07) is 7.25. The lowest BCUT2D eigenvalue weighted by Gasteiger charge is -2.57. The Morgan fingerprint density at radius 1 is 1.06 bits per heavy atom. The summed E-state index contributed by atoms with van der Waals surface area (Å²) in [4.78, 5) is 40.8. The van der Waals surface area contributed by atoms with Crippen LogP contribution in [0.1, 0.15) is 78.3 Å². The Morgan fingerprint density at radius 2 is 1.74 bits per heavy atom. The van der Waals surface area contributed by atoms with Crippen LogP contribution >= 0.6 is 11.3 Å². The lowest BCUT2D eigenvalue weighted by atomic mass is 9.53. The third-order valence-electron chi connectivity index (χ3n) is 8.24. The van der Waals surface area contributed by atoms with E-state index in [1.807, 2.05) is 17.5 Å². The summed E-state index contributed by atoms with van der Waals surface area (Å²) in [7, 11) is 0. The number of nitrogens with zero attached hydrogens (tertiary/aromatic N) is 1. The van der Waals surface area contributed by atoms with E-state index < -0.39 is 0 Å². The van der Waals surface area contributed by atoms with Gasteiger partial charge in [-0.1, -0.05) is 12.1 Å². The van der Waals surface area contributed by atoms with E-state index in [0.717, 1.165) is 35.6 Å². The van der Waals surface area contributed by atoms with Crippen LogP contribution in [0, 0.1) is 17.8 Å². The second-order valence-corrected chi connectivity index (χ2v) is 11.6. The van der Waals surface area contributed by atoms with Gasteiger partial charge in [-0.2, -0.15) is 0 Å². The molecular formula is C26H30N4O3S. The molecule has 3 amide bonds. The summed E-state index contributed by atoms with van der Waals surface area (Å²) >= 11 is 1.37. The number of carbonyl (C=O) groups is 3. The molecule has 1 unspecified atom stereocenters. The van der Waals surface area contributed by atoms with Crippen LogP contribution in [0.25, 0.3) is 0 Å². The lowest BCUT2D eigenvalue weighted by Crippen LogP contribution is -2.58. The van der Waals surface area contributed by atoms with Crippen molar-refractivity contribution in [3.05, 3.63) is 45.9 Å². The molecule has 4 aliphatic carbocycles. The zero-order valence-electron chi connectivity index (χ0n) is 19.1. The maximum absolute atomic E-state index is 12.7. The number of hydrogen-bond acceptors (Lipinski definition) is 6. The van der Waals surface area contributed by atoms with Gasteiger partial charge in [-0.3, -0.25) is 19.7 Å². The summed E-state index contributed by atoms with van der Waals surface area (Å²) in [5.41, 5.74) is 2.71. The molecule has 1 atom stereocenters. The minimum Gasteiger partial charge on any atom is -0.320 e. The second-order valence-electron chi connectivity index (χ2n) is 10.8. The Balaban J connectivity index is 1.05. The van der Waals surface area contributed by atoms with E-state index in [1.54, 1.807) is 12.1 Å². The zero-order valence-corrected chi connectivity index (χ0v) is 20.0. The van der Waals surface area contributed by atoms with Crippen molar-refractivity contribution in [2.75, 3.05) is 5.32 Å².